The zero-order valence-corrected chi connectivity index (χ0v) is 26.2. The van der Waals surface area contributed by atoms with E-state index in [1.54, 1.807) is 7.11 Å². The van der Waals surface area contributed by atoms with Crippen LogP contribution < -0.4 is 14.5 Å². The Morgan fingerprint density at radius 1 is 0.683 bits per heavy atom. The fourth-order valence-corrected chi connectivity index (χ4v) is 5.56. The average Bonchev–Trinajstić information content (AvgIpc) is 3.02. The first-order valence-corrected chi connectivity index (χ1v) is 15.9. The lowest BCUT2D eigenvalue weighted by atomic mass is 9.82. The molecule has 0 radical (unpaired) electrons. The largest absolute Gasteiger partial charge is 0.496 e. The van der Waals surface area contributed by atoms with E-state index in [4.69, 9.17) is 4.74 Å². The Balaban J connectivity index is 2.10. The van der Waals surface area contributed by atoms with Crippen LogP contribution >= 0.6 is 0 Å². The molecule has 5 heteroatoms. The van der Waals surface area contributed by atoms with Crippen molar-refractivity contribution in [1.82, 2.24) is 4.98 Å². The summed E-state index contributed by atoms with van der Waals surface area (Å²) in [5.74, 6) is 0.792. The quantitative estimate of drug-likeness (QED) is 0.159. The minimum absolute atomic E-state index is 0.0115. The summed E-state index contributed by atoms with van der Waals surface area (Å²) in [6.07, 6.45) is 13.1. The molecule has 1 heterocycles. The predicted octanol–water partition coefficient (Wildman–Crippen LogP) is 8.58. The third kappa shape index (κ3) is 8.97. The number of anilines is 2. The molecule has 0 saturated heterocycles. The minimum atomic E-state index is -0.0855. The van der Waals surface area contributed by atoms with E-state index in [1.807, 2.05) is 12.4 Å². The van der Waals surface area contributed by atoms with Gasteiger partial charge >= 0.3 is 0 Å². The molecule has 224 valence electrons. The highest BCUT2D eigenvalue weighted by atomic mass is 16.5. The molecule has 0 spiro atoms. The number of ether oxygens (including phenoxy) is 1. The molecule has 0 bridgehead atoms. The molecule has 1 N–H and O–H groups in total. The van der Waals surface area contributed by atoms with E-state index in [0.29, 0.717) is 0 Å². The topological polar surface area (TPSA) is 48.8 Å². The highest BCUT2D eigenvalue weighted by molar-refractivity contribution is 5.60. The number of unbranched alkanes of at least 4 members (excludes halogenated alkanes) is 4. The molecule has 2 aromatic carbocycles. The zero-order valence-electron chi connectivity index (χ0n) is 26.2. The third-order valence-corrected chi connectivity index (χ3v) is 8.03. The molecular formula is C36H53N3O2. The lowest BCUT2D eigenvalue weighted by Gasteiger charge is -2.29. The summed E-state index contributed by atoms with van der Waals surface area (Å²) in [6.45, 7) is 13.1. The summed E-state index contributed by atoms with van der Waals surface area (Å²) in [4.78, 5) is 9.27. The van der Waals surface area contributed by atoms with Crippen molar-refractivity contribution in [1.29, 1.82) is 0 Å². The summed E-state index contributed by atoms with van der Waals surface area (Å²) < 4.78 is 6.08. The lowest BCUT2D eigenvalue weighted by molar-refractivity contribution is 0.280. The Bertz CT molecular complexity index is 1060. The molecule has 0 saturated carbocycles. The second kappa shape index (κ2) is 17.7. The number of hydrogen-bond acceptors (Lipinski definition) is 5. The van der Waals surface area contributed by atoms with Crippen molar-refractivity contribution in [3.8, 4) is 5.75 Å². The average molecular weight is 560 g/mol. The Hall–Kier alpha value is -3.05. The summed E-state index contributed by atoms with van der Waals surface area (Å²) in [5, 5.41) is 10.7. The van der Waals surface area contributed by atoms with Gasteiger partial charge in [-0.25, -0.2) is 0 Å². The van der Waals surface area contributed by atoms with Crippen LogP contribution in [0.4, 0.5) is 11.4 Å². The van der Waals surface area contributed by atoms with Gasteiger partial charge in [-0.2, -0.15) is 0 Å². The van der Waals surface area contributed by atoms with Crippen LogP contribution in [0.3, 0.4) is 0 Å². The summed E-state index contributed by atoms with van der Waals surface area (Å²) in [6, 6.07) is 17.5. The van der Waals surface area contributed by atoms with Gasteiger partial charge in [0.15, 0.2) is 0 Å². The molecule has 0 fully saturated rings. The van der Waals surface area contributed by atoms with Crippen molar-refractivity contribution < 1.29 is 9.84 Å². The van der Waals surface area contributed by atoms with Crippen molar-refractivity contribution in [3.05, 3.63) is 83.2 Å². The molecule has 0 aliphatic heterocycles. The molecule has 3 aromatic rings. The fourth-order valence-electron chi connectivity index (χ4n) is 5.56. The third-order valence-electron chi connectivity index (χ3n) is 8.03. The monoisotopic (exact) mass is 559 g/mol. The number of aliphatic hydroxyl groups is 1. The maximum atomic E-state index is 10.7. The number of pyridine rings is 1. The highest BCUT2D eigenvalue weighted by Gasteiger charge is 2.25. The van der Waals surface area contributed by atoms with Crippen LogP contribution in [0.2, 0.25) is 0 Å². The van der Waals surface area contributed by atoms with Crippen molar-refractivity contribution in [3.63, 3.8) is 0 Å². The molecule has 41 heavy (non-hydrogen) atoms. The van der Waals surface area contributed by atoms with Gasteiger partial charge in [-0.3, -0.25) is 4.98 Å². The first-order valence-electron chi connectivity index (χ1n) is 15.9. The van der Waals surface area contributed by atoms with Gasteiger partial charge in [0.1, 0.15) is 5.75 Å². The smallest absolute Gasteiger partial charge is 0.125 e. The van der Waals surface area contributed by atoms with E-state index in [1.165, 1.54) is 49.9 Å². The van der Waals surface area contributed by atoms with E-state index in [2.05, 4.69) is 91.0 Å². The van der Waals surface area contributed by atoms with Crippen LogP contribution in [-0.2, 0) is 6.61 Å². The number of rotatable bonds is 19. The Kier molecular flexibility index (Phi) is 14.0. The molecular weight excluding hydrogens is 506 g/mol. The summed E-state index contributed by atoms with van der Waals surface area (Å²) in [5.41, 5.74) is 6.70. The molecule has 5 nitrogen and oxygen atoms in total. The van der Waals surface area contributed by atoms with Gasteiger partial charge in [-0.05, 0) is 72.7 Å². The van der Waals surface area contributed by atoms with Crippen LogP contribution in [0.1, 0.15) is 107 Å². The molecule has 1 atom stereocenters. The van der Waals surface area contributed by atoms with Crippen LogP contribution in [0.25, 0.3) is 0 Å². The predicted molar refractivity (Wildman–Crippen MR) is 175 cm³/mol. The minimum Gasteiger partial charge on any atom is -0.496 e. The van der Waals surface area contributed by atoms with E-state index < -0.39 is 0 Å². The fraction of sp³-hybridized carbons (Fsp3) is 0.528. The molecule has 3 rings (SSSR count). The van der Waals surface area contributed by atoms with E-state index in [-0.39, 0.29) is 12.5 Å². The van der Waals surface area contributed by atoms with Crippen LogP contribution in [0.5, 0.6) is 5.75 Å². The van der Waals surface area contributed by atoms with E-state index in [0.717, 1.165) is 67.0 Å². The molecule has 0 amide bonds. The van der Waals surface area contributed by atoms with Gasteiger partial charge in [0, 0.05) is 67.5 Å². The van der Waals surface area contributed by atoms with Crippen molar-refractivity contribution in [2.45, 2.75) is 91.6 Å². The van der Waals surface area contributed by atoms with E-state index >= 15 is 0 Å². The van der Waals surface area contributed by atoms with Gasteiger partial charge in [0.05, 0.1) is 13.7 Å². The van der Waals surface area contributed by atoms with Crippen molar-refractivity contribution in [2.24, 2.45) is 0 Å². The van der Waals surface area contributed by atoms with Gasteiger partial charge in [-0.1, -0.05) is 65.5 Å². The second-order valence-corrected chi connectivity index (χ2v) is 11.1. The Morgan fingerprint density at radius 3 is 1.63 bits per heavy atom. The summed E-state index contributed by atoms with van der Waals surface area (Å²) in [7, 11) is 1.77. The molecule has 1 unspecified atom stereocenters. The molecule has 0 aliphatic rings. The number of aliphatic hydroxyl groups excluding tert-OH is 1. The first-order chi connectivity index (χ1) is 20.1. The number of hydrogen-bond donors (Lipinski definition) is 1. The summed E-state index contributed by atoms with van der Waals surface area (Å²) >= 11 is 0. The number of methoxy groups -OCH3 is 1. The standard InChI is InChI=1S/C36H53N3O2/c1-6-10-22-38(23-11-7-2)31-14-16-33(30(26-31)28-40)36(29-18-20-37-21-19-29)34-17-15-32(27-35(34)41-5)39(24-12-8-3)25-13-9-4/h14-21,26-27,36,40H,6-13,22-25,28H2,1-5H3. The number of nitrogens with zero attached hydrogens (tertiary/aromatic N) is 3. The Morgan fingerprint density at radius 2 is 1.17 bits per heavy atom. The maximum absolute atomic E-state index is 10.7. The van der Waals surface area contributed by atoms with Gasteiger partial charge in [0.2, 0.25) is 0 Å². The Labute approximate surface area is 249 Å². The van der Waals surface area contributed by atoms with Crippen molar-refractivity contribution in [2.75, 3.05) is 43.1 Å². The van der Waals surface area contributed by atoms with Crippen LogP contribution in [0.15, 0.2) is 60.9 Å². The normalized spacial score (nSPS) is 11.9. The number of benzene rings is 2. The van der Waals surface area contributed by atoms with Gasteiger partial charge in [-0.15, -0.1) is 0 Å². The van der Waals surface area contributed by atoms with E-state index in [9.17, 15) is 5.11 Å². The van der Waals surface area contributed by atoms with Crippen LogP contribution in [0, 0.1) is 0 Å². The van der Waals surface area contributed by atoms with Gasteiger partial charge in [0.25, 0.3) is 0 Å². The lowest BCUT2D eigenvalue weighted by Crippen LogP contribution is -2.26. The van der Waals surface area contributed by atoms with Gasteiger partial charge < -0.3 is 19.6 Å². The highest BCUT2D eigenvalue weighted by Crippen LogP contribution is 2.41. The zero-order chi connectivity index (χ0) is 29.5. The molecule has 0 aliphatic carbocycles. The van der Waals surface area contributed by atoms with Crippen molar-refractivity contribution >= 4 is 11.4 Å². The number of aromatic nitrogens is 1. The van der Waals surface area contributed by atoms with Crippen LogP contribution in [-0.4, -0.2) is 43.4 Å². The maximum Gasteiger partial charge on any atom is 0.125 e. The SMILES string of the molecule is CCCCN(CCCC)c1ccc(C(c2ccncc2)c2ccc(N(CCCC)CCCC)cc2OC)c(CO)c1. The first kappa shape index (κ1) is 32.5. The second-order valence-electron chi connectivity index (χ2n) is 11.1. The molecule has 1 aromatic heterocycles.